The molecule has 2 aliphatic rings. The molecule has 2 fully saturated rings. The Morgan fingerprint density at radius 2 is 1.78 bits per heavy atom. The van der Waals surface area contributed by atoms with Crippen LogP contribution in [0, 0.1) is 5.82 Å². The molecule has 0 unspecified atom stereocenters. The summed E-state index contributed by atoms with van der Waals surface area (Å²) in [6, 6.07) is 5.98. The van der Waals surface area contributed by atoms with Crippen LogP contribution in [-0.4, -0.2) is 71.1 Å². The van der Waals surface area contributed by atoms with E-state index in [0.29, 0.717) is 51.0 Å². The Kier molecular flexibility index (Phi) is 6.05. The number of aliphatic carboxylic acids is 1. The summed E-state index contributed by atoms with van der Waals surface area (Å²) < 4.78 is 18.6. The molecule has 2 heterocycles. The molecule has 1 N–H and O–H groups in total. The summed E-state index contributed by atoms with van der Waals surface area (Å²) >= 11 is 0. The van der Waals surface area contributed by atoms with Crippen LogP contribution in [0.1, 0.15) is 24.8 Å². The Labute approximate surface area is 156 Å². The molecule has 2 aliphatic heterocycles. The van der Waals surface area contributed by atoms with E-state index in [4.69, 9.17) is 9.84 Å². The molecule has 0 radical (unpaired) electrons. The van der Waals surface area contributed by atoms with E-state index >= 15 is 0 Å². The molecule has 7 nitrogen and oxygen atoms in total. The second-order valence-corrected chi connectivity index (χ2v) is 6.90. The van der Waals surface area contributed by atoms with Crippen LogP contribution in [0.25, 0.3) is 0 Å². The molecule has 8 heteroatoms. The first kappa shape index (κ1) is 19.3. The second kappa shape index (κ2) is 8.47. The molecule has 0 aromatic heterocycles. The maximum atomic E-state index is 13.3. The highest BCUT2D eigenvalue weighted by atomic mass is 19.1. The van der Waals surface area contributed by atoms with Gasteiger partial charge in [0, 0.05) is 26.2 Å². The predicted molar refractivity (Wildman–Crippen MR) is 93.4 cm³/mol. The molecular weight excluding hydrogens is 355 g/mol. The van der Waals surface area contributed by atoms with Crippen molar-refractivity contribution >= 4 is 17.8 Å². The van der Waals surface area contributed by atoms with E-state index in [9.17, 15) is 18.8 Å². The van der Waals surface area contributed by atoms with Crippen molar-refractivity contribution in [2.45, 2.75) is 37.9 Å². The molecule has 0 bridgehead atoms. The minimum Gasteiger partial charge on any atom is -0.479 e. The molecule has 0 aliphatic carbocycles. The van der Waals surface area contributed by atoms with E-state index in [1.54, 1.807) is 21.9 Å². The van der Waals surface area contributed by atoms with E-state index in [1.165, 1.54) is 12.1 Å². The highest BCUT2D eigenvalue weighted by molar-refractivity contribution is 5.83. The van der Waals surface area contributed by atoms with Gasteiger partial charge in [0.2, 0.25) is 5.91 Å². The lowest BCUT2D eigenvalue weighted by Gasteiger charge is -2.24. The third-order valence-corrected chi connectivity index (χ3v) is 4.98. The molecule has 0 saturated carbocycles. The zero-order chi connectivity index (χ0) is 19.4. The first-order valence-electron chi connectivity index (χ1n) is 9.13. The number of carboxylic acids is 1. The van der Waals surface area contributed by atoms with Gasteiger partial charge in [0.25, 0.3) is 5.91 Å². The third-order valence-electron chi connectivity index (χ3n) is 4.98. The predicted octanol–water partition coefficient (Wildman–Crippen LogP) is 1.06. The van der Waals surface area contributed by atoms with Crippen LogP contribution < -0.4 is 0 Å². The summed E-state index contributed by atoms with van der Waals surface area (Å²) in [7, 11) is 0. The Hall–Kier alpha value is -2.48. The molecule has 1 aromatic carbocycles. The SMILES string of the molecule is O=C(O)[C@H]1CC[C@@H](C(=O)N2CCCN(C(=O)Cc3cccc(F)c3)CC2)O1. The van der Waals surface area contributed by atoms with E-state index < -0.39 is 18.2 Å². The summed E-state index contributed by atoms with van der Waals surface area (Å²) in [6.45, 7) is 1.81. The van der Waals surface area contributed by atoms with Gasteiger partial charge in [-0.15, -0.1) is 0 Å². The van der Waals surface area contributed by atoms with Gasteiger partial charge in [0.05, 0.1) is 6.42 Å². The van der Waals surface area contributed by atoms with Crippen molar-refractivity contribution in [3.05, 3.63) is 35.6 Å². The molecule has 27 heavy (non-hydrogen) atoms. The first-order valence-corrected chi connectivity index (χ1v) is 9.13. The second-order valence-electron chi connectivity index (χ2n) is 6.90. The van der Waals surface area contributed by atoms with E-state index in [0.717, 1.165) is 0 Å². The maximum Gasteiger partial charge on any atom is 0.332 e. The van der Waals surface area contributed by atoms with Crippen molar-refractivity contribution in [1.82, 2.24) is 9.80 Å². The van der Waals surface area contributed by atoms with Crippen molar-refractivity contribution in [3.8, 4) is 0 Å². The van der Waals surface area contributed by atoms with Crippen molar-refractivity contribution in [3.63, 3.8) is 0 Å². The minimum absolute atomic E-state index is 0.0991. The zero-order valence-electron chi connectivity index (χ0n) is 15.0. The maximum absolute atomic E-state index is 13.3. The first-order chi connectivity index (χ1) is 12.9. The lowest BCUT2D eigenvalue weighted by atomic mass is 10.1. The van der Waals surface area contributed by atoms with E-state index in [1.807, 2.05) is 0 Å². The molecule has 1 aromatic rings. The average Bonchev–Trinajstić information content (AvgIpc) is 2.99. The van der Waals surface area contributed by atoms with Gasteiger partial charge in [-0.25, -0.2) is 9.18 Å². The van der Waals surface area contributed by atoms with Crippen molar-refractivity contribution in [2.24, 2.45) is 0 Å². The molecule has 2 atom stereocenters. The van der Waals surface area contributed by atoms with Crippen LogP contribution in [0.2, 0.25) is 0 Å². The van der Waals surface area contributed by atoms with Gasteiger partial charge in [-0.05, 0) is 37.0 Å². The number of amides is 2. The molecule has 146 valence electrons. The van der Waals surface area contributed by atoms with Crippen molar-refractivity contribution < 1.29 is 28.6 Å². The van der Waals surface area contributed by atoms with Gasteiger partial charge < -0.3 is 19.6 Å². The van der Waals surface area contributed by atoms with Gasteiger partial charge >= 0.3 is 5.97 Å². The zero-order valence-corrected chi connectivity index (χ0v) is 15.0. The molecule has 2 saturated heterocycles. The van der Waals surface area contributed by atoms with E-state index in [-0.39, 0.29) is 24.1 Å². The van der Waals surface area contributed by atoms with Crippen LogP contribution in [0.15, 0.2) is 24.3 Å². The van der Waals surface area contributed by atoms with Gasteiger partial charge in [-0.3, -0.25) is 9.59 Å². The number of rotatable bonds is 4. The lowest BCUT2D eigenvalue weighted by Crippen LogP contribution is -2.42. The highest BCUT2D eigenvalue weighted by Gasteiger charge is 2.37. The standard InChI is InChI=1S/C19H23FN2O5/c20-14-4-1-3-13(11-14)12-17(23)21-7-2-8-22(10-9-21)18(24)15-5-6-16(27-15)19(25)26/h1,3-4,11,15-16H,2,5-10,12H2,(H,25,26)/t15-,16+/m0/s1. The molecule has 0 spiro atoms. The van der Waals surface area contributed by atoms with Crippen LogP contribution in [0.4, 0.5) is 4.39 Å². The van der Waals surface area contributed by atoms with Gasteiger partial charge in [-0.2, -0.15) is 0 Å². The van der Waals surface area contributed by atoms with E-state index in [2.05, 4.69) is 0 Å². The molecule has 2 amide bonds. The number of ether oxygens (including phenoxy) is 1. The lowest BCUT2D eigenvalue weighted by molar-refractivity contribution is -0.154. The minimum atomic E-state index is -1.05. The monoisotopic (exact) mass is 378 g/mol. The smallest absolute Gasteiger partial charge is 0.332 e. The van der Waals surface area contributed by atoms with Crippen molar-refractivity contribution in [1.29, 1.82) is 0 Å². The largest absolute Gasteiger partial charge is 0.479 e. The summed E-state index contributed by atoms with van der Waals surface area (Å²) in [5.41, 5.74) is 0.622. The molecular formula is C19H23FN2O5. The quantitative estimate of drug-likeness (QED) is 0.847. The van der Waals surface area contributed by atoms with Gasteiger partial charge in [0.1, 0.15) is 11.9 Å². The Bertz CT molecular complexity index is 726. The fraction of sp³-hybridized carbons (Fsp3) is 0.526. The van der Waals surface area contributed by atoms with Crippen molar-refractivity contribution in [2.75, 3.05) is 26.2 Å². The summed E-state index contributed by atoms with van der Waals surface area (Å²) in [5, 5.41) is 8.98. The summed E-state index contributed by atoms with van der Waals surface area (Å²) in [4.78, 5) is 39.4. The fourth-order valence-electron chi connectivity index (χ4n) is 3.52. The van der Waals surface area contributed by atoms with Crippen LogP contribution in [0.3, 0.4) is 0 Å². The van der Waals surface area contributed by atoms with Crippen LogP contribution in [0.5, 0.6) is 0 Å². The number of halogens is 1. The van der Waals surface area contributed by atoms with Crippen LogP contribution in [-0.2, 0) is 25.5 Å². The number of hydrogen-bond donors (Lipinski definition) is 1. The van der Waals surface area contributed by atoms with Gasteiger partial charge in [0.15, 0.2) is 6.10 Å². The normalized spacial score (nSPS) is 23.1. The number of carbonyl (C=O) groups excluding carboxylic acids is 2. The number of carboxylic acid groups (broad SMARTS) is 1. The fourth-order valence-corrected chi connectivity index (χ4v) is 3.52. The Morgan fingerprint density at radius 1 is 1.07 bits per heavy atom. The number of nitrogens with zero attached hydrogens (tertiary/aromatic N) is 2. The van der Waals surface area contributed by atoms with Crippen LogP contribution >= 0.6 is 0 Å². The molecule has 3 rings (SSSR count). The van der Waals surface area contributed by atoms with Gasteiger partial charge in [-0.1, -0.05) is 12.1 Å². The highest BCUT2D eigenvalue weighted by Crippen LogP contribution is 2.22. The Morgan fingerprint density at radius 3 is 2.48 bits per heavy atom. The Balaban J connectivity index is 1.53. The number of hydrogen-bond acceptors (Lipinski definition) is 4. The summed E-state index contributed by atoms with van der Waals surface area (Å²) in [6.07, 6.45) is -0.157. The number of carbonyl (C=O) groups is 3. The number of benzene rings is 1. The third kappa shape index (κ3) is 4.82. The summed E-state index contributed by atoms with van der Waals surface area (Å²) in [5.74, 6) is -1.73. The average molecular weight is 378 g/mol. The topological polar surface area (TPSA) is 87.2 Å².